The Labute approximate surface area is 295 Å². The van der Waals surface area contributed by atoms with E-state index in [1.54, 1.807) is 0 Å². The average Bonchev–Trinajstić information content (AvgIpc) is 3.13. The number of anilines is 3. The van der Waals surface area contributed by atoms with Crippen LogP contribution >= 0.6 is 23.2 Å². The molecule has 0 aliphatic rings. The molecule has 5 rings (SSSR count). The van der Waals surface area contributed by atoms with E-state index in [1.165, 1.54) is 22.5 Å². The number of aryl methyl sites for hydroxylation is 2. The second kappa shape index (κ2) is 18.0. The van der Waals surface area contributed by atoms with E-state index in [4.69, 9.17) is 28.2 Å². The lowest BCUT2D eigenvalue weighted by Crippen LogP contribution is -2.25. The molecule has 0 saturated carbocycles. The molecule has 0 spiro atoms. The number of halogens is 2. The van der Waals surface area contributed by atoms with Gasteiger partial charge in [-0.1, -0.05) is 54.6 Å². The van der Waals surface area contributed by atoms with Crippen LogP contribution in [0.2, 0.25) is 0 Å². The molecule has 4 aromatic carbocycles. The maximum atomic E-state index is 13.5. The van der Waals surface area contributed by atoms with Crippen molar-refractivity contribution in [3.8, 4) is 0 Å². The first-order valence-electron chi connectivity index (χ1n) is 17.2. The number of fused-ring (bicyclic) bond motifs is 2. The Kier molecular flexibility index (Phi) is 13.2. The first-order chi connectivity index (χ1) is 23.6. The molecule has 0 atom stereocenters. The third-order valence-corrected chi connectivity index (χ3v) is 9.24. The molecule has 0 fully saturated rings. The molecule has 0 aliphatic carbocycles. The fourth-order valence-electron chi connectivity index (χ4n) is 6.27. The number of para-hydroxylation sites is 2. The van der Waals surface area contributed by atoms with Crippen molar-refractivity contribution < 1.29 is 4.79 Å². The molecular weight excluding hydrogens is 637 g/mol. The fraction of sp³-hybridized carbons (Fsp3) is 0.350. The van der Waals surface area contributed by atoms with E-state index in [1.807, 2.05) is 30.3 Å². The molecule has 0 radical (unpaired) electrons. The van der Waals surface area contributed by atoms with Crippen LogP contribution in [0.3, 0.4) is 0 Å². The minimum atomic E-state index is -0.0968. The minimum absolute atomic E-state index is 0.0968. The standard InChI is InChI=1S/C40H47Cl2N5O/c1-3-46(28-24-41)32-20-16-30(17-21-32)10-8-26-43-38-34-12-5-6-15-37(34)45-39-35(38)13-7-14-36(39)40(48)44-27-9-11-31-18-22-33(23-19-31)47(4-2)29-25-42/h5-7,12-23H,3-4,8-11,24-29H2,1-2H3,(H,43,45)(H,44,48). The number of amides is 1. The predicted molar refractivity (Wildman–Crippen MR) is 207 cm³/mol. The maximum Gasteiger partial charge on any atom is 0.253 e. The highest BCUT2D eigenvalue weighted by atomic mass is 35.5. The molecule has 252 valence electrons. The summed E-state index contributed by atoms with van der Waals surface area (Å²) in [6.07, 6.45) is 3.69. The van der Waals surface area contributed by atoms with Gasteiger partial charge in [0.2, 0.25) is 0 Å². The molecule has 6 nitrogen and oxygen atoms in total. The van der Waals surface area contributed by atoms with Gasteiger partial charge in [0.15, 0.2) is 0 Å². The van der Waals surface area contributed by atoms with Crippen molar-refractivity contribution in [2.75, 3.05) is 66.1 Å². The number of nitrogens with one attached hydrogen (secondary N) is 2. The maximum absolute atomic E-state index is 13.5. The van der Waals surface area contributed by atoms with Crippen molar-refractivity contribution in [1.29, 1.82) is 0 Å². The predicted octanol–water partition coefficient (Wildman–Crippen LogP) is 8.93. The zero-order valence-corrected chi connectivity index (χ0v) is 29.7. The van der Waals surface area contributed by atoms with Crippen LogP contribution in [0.4, 0.5) is 17.1 Å². The zero-order valence-electron chi connectivity index (χ0n) is 28.2. The average molecular weight is 685 g/mol. The Morgan fingerprint density at radius 3 is 1.83 bits per heavy atom. The second-order valence-electron chi connectivity index (χ2n) is 12.0. The van der Waals surface area contributed by atoms with Gasteiger partial charge in [-0.3, -0.25) is 4.79 Å². The highest BCUT2D eigenvalue weighted by Gasteiger charge is 2.16. The van der Waals surface area contributed by atoms with E-state index in [9.17, 15) is 4.79 Å². The lowest BCUT2D eigenvalue weighted by atomic mass is 10.0. The van der Waals surface area contributed by atoms with Gasteiger partial charge in [0, 0.05) is 73.2 Å². The third kappa shape index (κ3) is 8.91. The second-order valence-corrected chi connectivity index (χ2v) is 12.7. The Morgan fingerprint density at radius 2 is 1.25 bits per heavy atom. The number of carbonyl (C=O) groups is 1. The summed E-state index contributed by atoms with van der Waals surface area (Å²) in [7, 11) is 0. The Hall–Kier alpha value is -4.00. The number of rotatable bonds is 18. The molecule has 5 aromatic rings. The molecule has 8 heteroatoms. The summed E-state index contributed by atoms with van der Waals surface area (Å²) in [5, 5.41) is 8.87. The molecule has 1 amide bonds. The number of carbonyl (C=O) groups excluding carboxylic acids is 1. The van der Waals surface area contributed by atoms with Crippen LogP contribution in [0.5, 0.6) is 0 Å². The first kappa shape index (κ1) is 35.3. The van der Waals surface area contributed by atoms with Crippen molar-refractivity contribution >= 4 is 68.0 Å². The lowest BCUT2D eigenvalue weighted by molar-refractivity contribution is 0.0954. The number of aromatic nitrogens is 1. The molecular formula is C40H47Cl2N5O. The number of alkyl halides is 2. The topological polar surface area (TPSA) is 60.5 Å². The summed E-state index contributed by atoms with van der Waals surface area (Å²) in [4.78, 5) is 23.0. The minimum Gasteiger partial charge on any atom is -0.384 e. The van der Waals surface area contributed by atoms with Gasteiger partial charge in [-0.15, -0.1) is 23.2 Å². The number of nitrogens with zero attached hydrogens (tertiary/aromatic N) is 3. The van der Waals surface area contributed by atoms with Gasteiger partial charge in [-0.05, 0) is 87.1 Å². The van der Waals surface area contributed by atoms with Crippen LogP contribution in [0.15, 0.2) is 91.0 Å². The fourth-order valence-corrected chi connectivity index (χ4v) is 6.68. The van der Waals surface area contributed by atoms with Crippen LogP contribution in [0, 0.1) is 0 Å². The smallest absolute Gasteiger partial charge is 0.253 e. The van der Waals surface area contributed by atoms with Crippen molar-refractivity contribution in [3.05, 3.63) is 108 Å². The molecule has 48 heavy (non-hydrogen) atoms. The van der Waals surface area contributed by atoms with Crippen molar-refractivity contribution in [3.63, 3.8) is 0 Å². The lowest BCUT2D eigenvalue weighted by Gasteiger charge is -2.22. The zero-order chi connectivity index (χ0) is 33.7. The van der Waals surface area contributed by atoms with E-state index >= 15 is 0 Å². The van der Waals surface area contributed by atoms with E-state index in [-0.39, 0.29) is 5.91 Å². The van der Waals surface area contributed by atoms with E-state index in [0.717, 1.165) is 85.9 Å². The number of hydrogen-bond acceptors (Lipinski definition) is 5. The van der Waals surface area contributed by atoms with Gasteiger partial charge in [-0.25, -0.2) is 4.98 Å². The van der Waals surface area contributed by atoms with E-state index < -0.39 is 0 Å². The van der Waals surface area contributed by atoms with Crippen LogP contribution in [0.25, 0.3) is 21.8 Å². The Morgan fingerprint density at radius 1 is 0.688 bits per heavy atom. The number of benzene rings is 4. The van der Waals surface area contributed by atoms with Gasteiger partial charge in [0.05, 0.1) is 22.3 Å². The van der Waals surface area contributed by atoms with Gasteiger partial charge in [0.1, 0.15) is 0 Å². The summed E-state index contributed by atoms with van der Waals surface area (Å²) in [5.74, 6) is 1.14. The molecule has 0 saturated heterocycles. The van der Waals surface area contributed by atoms with E-state index in [2.05, 4.69) is 94.9 Å². The SMILES string of the molecule is CCN(CCCl)c1ccc(CCCNC(=O)c2cccc3c(NCCCc4ccc(N(CC)CCCl)cc4)c4ccccc4nc23)cc1. The summed E-state index contributed by atoms with van der Waals surface area (Å²) >= 11 is 11.9. The van der Waals surface area contributed by atoms with Gasteiger partial charge >= 0.3 is 0 Å². The summed E-state index contributed by atoms with van der Waals surface area (Å²) in [6.45, 7) is 9.25. The van der Waals surface area contributed by atoms with Crippen LogP contribution in [0.1, 0.15) is 48.2 Å². The molecule has 0 aliphatic heterocycles. The van der Waals surface area contributed by atoms with Gasteiger partial charge < -0.3 is 20.4 Å². The monoisotopic (exact) mass is 683 g/mol. The van der Waals surface area contributed by atoms with Crippen molar-refractivity contribution in [1.82, 2.24) is 10.3 Å². The third-order valence-electron chi connectivity index (χ3n) is 8.90. The molecule has 2 N–H and O–H groups in total. The van der Waals surface area contributed by atoms with Crippen molar-refractivity contribution in [2.45, 2.75) is 39.5 Å². The number of hydrogen-bond donors (Lipinski definition) is 2. The molecule has 0 bridgehead atoms. The highest BCUT2D eigenvalue weighted by molar-refractivity contribution is 6.18. The Bertz CT molecular complexity index is 1760. The summed E-state index contributed by atoms with van der Waals surface area (Å²) < 4.78 is 0. The summed E-state index contributed by atoms with van der Waals surface area (Å²) in [5.41, 5.74) is 8.18. The Balaban J connectivity index is 1.22. The molecule has 0 unspecified atom stereocenters. The van der Waals surface area contributed by atoms with Crippen LogP contribution < -0.4 is 20.4 Å². The number of pyridine rings is 1. The van der Waals surface area contributed by atoms with Crippen molar-refractivity contribution in [2.24, 2.45) is 0 Å². The molecule has 1 aromatic heterocycles. The largest absolute Gasteiger partial charge is 0.384 e. The normalized spacial score (nSPS) is 11.2. The van der Waals surface area contributed by atoms with Gasteiger partial charge in [-0.2, -0.15) is 0 Å². The first-order valence-corrected chi connectivity index (χ1v) is 18.3. The van der Waals surface area contributed by atoms with Gasteiger partial charge in [0.25, 0.3) is 5.91 Å². The van der Waals surface area contributed by atoms with E-state index in [0.29, 0.717) is 23.9 Å². The molecule has 1 heterocycles. The summed E-state index contributed by atoms with van der Waals surface area (Å²) in [6, 6.07) is 31.5. The van der Waals surface area contributed by atoms with Crippen LogP contribution in [-0.4, -0.2) is 61.9 Å². The highest BCUT2D eigenvalue weighted by Crippen LogP contribution is 2.32. The quantitative estimate of drug-likeness (QED) is 0.0549. The van der Waals surface area contributed by atoms with Crippen LogP contribution in [-0.2, 0) is 12.8 Å².